The fourth-order valence-electron chi connectivity index (χ4n) is 6.63. The smallest absolute Gasteiger partial charge is 0.270 e. The minimum Gasteiger partial charge on any atom is -0.361 e. The van der Waals surface area contributed by atoms with E-state index >= 15 is 0 Å². The van der Waals surface area contributed by atoms with Crippen molar-refractivity contribution in [1.29, 1.82) is 5.26 Å². The Morgan fingerprint density at radius 2 is 0.875 bits per heavy atom. The van der Waals surface area contributed by atoms with Gasteiger partial charge in [0.2, 0.25) is 0 Å². The molecule has 4 nitrogen and oxygen atoms in total. The summed E-state index contributed by atoms with van der Waals surface area (Å²) >= 11 is 0. The highest BCUT2D eigenvalue weighted by molar-refractivity contribution is 6.12. The first-order chi connectivity index (χ1) is 23.7. The molecule has 0 unspecified atom stereocenters. The zero-order valence-electron chi connectivity index (χ0n) is 25.8. The van der Waals surface area contributed by atoms with E-state index in [0.29, 0.717) is 11.5 Å². The van der Waals surface area contributed by atoms with Crippen molar-refractivity contribution in [3.8, 4) is 61.7 Å². The molecule has 48 heavy (non-hydrogen) atoms. The van der Waals surface area contributed by atoms with Gasteiger partial charge in [0.15, 0.2) is 0 Å². The van der Waals surface area contributed by atoms with Crippen molar-refractivity contribution in [2.75, 3.05) is 0 Å². The van der Waals surface area contributed by atoms with Gasteiger partial charge in [-0.25, -0.2) is 4.98 Å². The summed E-state index contributed by atoms with van der Waals surface area (Å²) in [7, 11) is 0. The normalized spacial score (nSPS) is 10.9. The van der Waals surface area contributed by atoms with Gasteiger partial charge in [-0.2, -0.15) is 5.26 Å². The van der Waals surface area contributed by atoms with Crippen LogP contribution in [-0.4, -0.2) is 9.97 Å². The summed E-state index contributed by atoms with van der Waals surface area (Å²) in [6, 6.07) is 52.8. The molecule has 0 aliphatic rings. The number of hydrogen-bond donors (Lipinski definition) is 0. The molecule has 0 aliphatic heterocycles. The van der Waals surface area contributed by atoms with Gasteiger partial charge >= 0.3 is 0 Å². The lowest BCUT2D eigenvalue weighted by atomic mass is 9.87. The van der Waals surface area contributed by atoms with E-state index < -0.39 is 0 Å². The first kappa shape index (κ1) is 28.6. The minimum atomic E-state index is 0.390. The first-order valence-corrected chi connectivity index (χ1v) is 15.7. The SMILES string of the molecule is [C-]#[N+]c1cc(-c2cccc(-c3ccc(-c4ccc(-c5cccc(-c6ccnc(C#N)c6)c5)c5ccccc45)c4ccccc34)c2)ccn1. The van der Waals surface area contributed by atoms with Gasteiger partial charge in [0.25, 0.3) is 5.82 Å². The molecule has 0 N–H and O–H groups in total. The molecule has 2 heterocycles. The highest BCUT2D eigenvalue weighted by atomic mass is 14.8. The third kappa shape index (κ3) is 5.14. The van der Waals surface area contributed by atoms with E-state index in [2.05, 4.69) is 142 Å². The van der Waals surface area contributed by atoms with Crippen molar-refractivity contribution in [3.63, 3.8) is 0 Å². The summed E-state index contributed by atoms with van der Waals surface area (Å²) in [6.07, 6.45) is 3.38. The molecule has 0 saturated heterocycles. The van der Waals surface area contributed by atoms with E-state index in [-0.39, 0.29) is 0 Å². The fourth-order valence-corrected chi connectivity index (χ4v) is 6.63. The Bertz CT molecular complexity index is 2420. The lowest BCUT2D eigenvalue weighted by molar-refractivity contribution is 1.26. The minimum absolute atomic E-state index is 0.390. The Labute approximate surface area is 278 Å². The zero-order chi connectivity index (χ0) is 32.5. The quantitative estimate of drug-likeness (QED) is 0.182. The molecule has 0 bridgehead atoms. The third-order valence-corrected chi connectivity index (χ3v) is 8.89. The molecule has 0 radical (unpaired) electrons. The third-order valence-electron chi connectivity index (χ3n) is 8.89. The number of hydrogen-bond acceptors (Lipinski definition) is 3. The van der Waals surface area contributed by atoms with Gasteiger partial charge in [0, 0.05) is 6.20 Å². The maximum Gasteiger partial charge on any atom is 0.270 e. The molecule has 8 rings (SSSR count). The van der Waals surface area contributed by atoms with Crippen molar-refractivity contribution in [1.82, 2.24) is 9.97 Å². The zero-order valence-corrected chi connectivity index (χ0v) is 25.8. The second kappa shape index (κ2) is 12.1. The number of fused-ring (bicyclic) bond motifs is 2. The molecule has 0 aliphatic carbocycles. The molecular formula is C44H26N4. The van der Waals surface area contributed by atoms with Gasteiger partial charge < -0.3 is 4.85 Å². The molecule has 2 aromatic heterocycles. The summed E-state index contributed by atoms with van der Waals surface area (Å²) in [5.41, 5.74) is 11.3. The van der Waals surface area contributed by atoms with Gasteiger partial charge in [0.1, 0.15) is 18.0 Å². The van der Waals surface area contributed by atoms with Crippen LogP contribution in [0.15, 0.2) is 158 Å². The number of aromatic nitrogens is 2. The lowest BCUT2D eigenvalue weighted by Gasteiger charge is -2.16. The number of nitriles is 1. The summed E-state index contributed by atoms with van der Waals surface area (Å²) in [6.45, 7) is 7.37. The van der Waals surface area contributed by atoms with E-state index in [1.807, 2.05) is 24.3 Å². The van der Waals surface area contributed by atoms with Crippen molar-refractivity contribution in [3.05, 3.63) is 175 Å². The number of pyridine rings is 2. The molecular weight excluding hydrogens is 585 g/mol. The van der Waals surface area contributed by atoms with Crippen LogP contribution in [0.4, 0.5) is 5.82 Å². The van der Waals surface area contributed by atoms with Crippen molar-refractivity contribution < 1.29 is 0 Å². The maximum atomic E-state index is 9.37. The molecule has 222 valence electrons. The molecule has 8 aromatic rings. The van der Waals surface area contributed by atoms with E-state index in [9.17, 15) is 5.26 Å². The number of rotatable bonds is 5. The van der Waals surface area contributed by atoms with Crippen LogP contribution in [0.25, 0.3) is 82.0 Å². The van der Waals surface area contributed by atoms with Gasteiger partial charge in [0.05, 0.1) is 0 Å². The molecule has 0 amide bonds. The Kier molecular flexibility index (Phi) is 7.23. The van der Waals surface area contributed by atoms with Crippen molar-refractivity contribution in [2.45, 2.75) is 0 Å². The van der Waals surface area contributed by atoms with Crippen LogP contribution in [0.3, 0.4) is 0 Å². The summed E-state index contributed by atoms with van der Waals surface area (Å²) < 4.78 is 0. The standard InChI is InChI=1S/C44H26N4/c1-46-44-27-32(21-23-48-44)30-9-7-11-34(25-30)37-17-19-43(41-15-5-3-13-39(37)41)42-18-16-36(38-12-2-4-14-40(38)42)33-10-6-8-29(24-33)31-20-22-47-35(26-31)28-45/h2-27H. The van der Waals surface area contributed by atoms with E-state index in [4.69, 9.17) is 6.57 Å². The first-order valence-electron chi connectivity index (χ1n) is 15.7. The van der Waals surface area contributed by atoms with Gasteiger partial charge in [-0.3, -0.25) is 0 Å². The van der Waals surface area contributed by atoms with Gasteiger partial charge in [-0.15, -0.1) is 4.98 Å². The van der Waals surface area contributed by atoms with Crippen LogP contribution in [0, 0.1) is 17.9 Å². The monoisotopic (exact) mass is 610 g/mol. The van der Waals surface area contributed by atoms with Crippen LogP contribution in [0.2, 0.25) is 0 Å². The lowest BCUT2D eigenvalue weighted by Crippen LogP contribution is -1.90. The van der Waals surface area contributed by atoms with E-state index in [1.54, 1.807) is 12.4 Å². The van der Waals surface area contributed by atoms with Crippen LogP contribution in [0.5, 0.6) is 0 Å². The van der Waals surface area contributed by atoms with Gasteiger partial charge in [-0.1, -0.05) is 116 Å². The summed E-state index contributed by atoms with van der Waals surface area (Å²) in [5.74, 6) is 0.390. The largest absolute Gasteiger partial charge is 0.361 e. The molecule has 4 heteroatoms. The van der Waals surface area contributed by atoms with E-state index in [1.165, 1.54) is 32.7 Å². The maximum absolute atomic E-state index is 9.37. The number of benzene rings is 6. The number of nitrogens with zero attached hydrogens (tertiary/aromatic N) is 4. The predicted octanol–water partition coefficient (Wildman–Crippen LogP) is 11.5. The Morgan fingerprint density at radius 3 is 1.40 bits per heavy atom. The average Bonchev–Trinajstić information content (AvgIpc) is 3.17. The predicted molar refractivity (Wildman–Crippen MR) is 195 cm³/mol. The fraction of sp³-hybridized carbons (Fsp3) is 0. The Morgan fingerprint density at radius 1 is 0.438 bits per heavy atom. The van der Waals surface area contributed by atoms with Crippen molar-refractivity contribution in [2.24, 2.45) is 0 Å². The topological polar surface area (TPSA) is 53.9 Å². The summed E-state index contributed by atoms with van der Waals surface area (Å²) in [5, 5.41) is 14.1. The molecule has 0 fully saturated rings. The second-order valence-corrected chi connectivity index (χ2v) is 11.6. The molecule has 6 aromatic carbocycles. The van der Waals surface area contributed by atoms with Crippen LogP contribution in [0.1, 0.15) is 5.69 Å². The van der Waals surface area contributed by atoms with Gasteiger partial charge in [-0.05, 0) is 114 Å². The van der Waals surface area contributed by atoms with Crippen LogP contribution < -0.4 is 0 Å². The van der Waals surface area contributed by atoms with Crippen LogP contribution >= 0.6 is 0 Å². The molecule has 0 atom stereocenters. The Hall–Kier alpha value is -6.88. The van der Waals surface area contributed by atoms with E-state index in [0.717, 1.165) is 44.5 Å². The average molecular weight is 611 g/mol. The summed E-state index contributed by atoms with van der Waals surface area (Å²) in [4.78, 5) is 11.8. The second-order valence-electron chi connectivity index (χ2n) is 11.6. The molecule has 0 spiro atoms. The van der Waals surface area contributed by atoms with Crippen LogP contribution in [-0.2, 0) is 0 Å². The molecule has 0 saturated carbocycles. The van der Waals surface area contributed by atoms with Crippen molar-refractivity contribution >= 4 is 27.4 Å². The Balaban J connectivity index is 1.24. The highest BCUT2D eigenvalue weighted by Gasteiger charge is 2.15. The highest BCUT2D eigenvalue weighted by Crippen LogP contribution is 2.42.